The van der Waals surface area contributed by atoms with Crippen LogP contribution in [0.1, 0.15) is 21.6 Å². The minimum Gasteiger partial charge on any atom is -0.489 e. The number of nitrogens with zero attached hydrogens (tertiary/aromatic N) is 1. The van der Waals surface area contributed by atoms with Crippen LogP contribution in [0.15, 0.2) is 78.2 Å². The maximum Gasteiger partial charge on any atom is 0.271 e. The summed E-state index contributed by atoms with van der Waals surface area (Å²) in [7, 11) is 0. The molecule has 0 unspecified atom stereocenters. The van der Waals surface area contributed by atoms with Crippen molar-refractivity contribution in [2.45, 2.75) is 13.2 Å². The zero-order chi connectivity index (χ0) is 21.6. The number of rotatable bonds is 7. The number of hydrogen-bond donors (Lipinski definition) is 1. The standard InChI is InChI=1S/C24H18F2N2O2S/c25-19-7-1-16(2-8-19)13-27-23(29)22-15-31-24(28-22)18-5-11-21(12-6-18)30-14-17-3-9-20(26)10-4-17/h1-12,15H,13-14H2,(H,27,29). The van der Waals surface area contributed by atoms with Gasteiger partial charge in [-0.05, 0) is 59.7 Å². The first kappa shape index (κ1) is 20.7. The van der Waals surface area contributed by atoms with E-state index in [0.29, 0.717) is 24.6 Å². The average Bonchev–Trinajstić information content (AvgIpc) is 3.29. The SMILES string of the molecule is O=C(NCc1ccc(F)cc1)c1csc(-c2ccc(OCc3ccc(F)cc3)cc2)n1. The Morgan fingerprint density at radius 2 is 1.48 bits per heavy atom. The smallest absolute Gasteiger partial charge is 0.271 e. The molecule has 1 N–H and O–H groups in total. The van der Waals surface area contributed by atoms with E-state index >= 15 is 0 Å². The highest BCUT2D eigenvalue weighted by atomic mass is 32.1. The summed E-state index contributed by atoms with van der Waals surface area (Å²) < 4.78 is 31.6. The minimum atomic E-state index is -0.314. The van der Waals surface area contributed by atoms with Crippen molar-refractivity contribution in [3.8, 4) is 16.3 Å². The molecule has 1 heterocycles. The molecule has 7 heteroatoms. The number of aromatic nitrogens is 1. The summed E-state index contributed by atoms with van der Waals surface area (Å²) in [5.74, 6) is -0.195. The zero-order valence-corrected chi connectivity index (χ0v) is 17.2. The lowest BCUT2D eigenvalue weighted by Gasteiger charge is -2.07. The highest BCUT2D eigenvalue weighted by Crippen LogP contribution is 2.26. The number of carbonyl (C=O) groups excluding carboxylic acids is 1. The summed E-state index contributed by atoms with van der Waals surface area (Å²) in [6, 6.07) is 19.5. The third-order valence-electron chi connectivity index (χ3n) is 4.52. The van der Waals surface area contributed by atoms with Crippen molar-refractivity contribution in [2.24, 2.45) is 0 Å². The Balaban J connectivity index is 1.34. The molecule has 0 aliphatic rings. The minimum absolute atomic E-state index is 0.278. The summed E-state index contributed by atoms with van der Waals surface area (Å²) in [4.78, 5) is 16.7. The Hall–Kier alpha value is -3.58. The number of carbonyl (C=O) groups is 1. The van der Waals surface area contributed by atoms with Gasteiger partial charge < -0.3 is 10.1 Å². The molecule has 0 saturated carbocycles. The molecule has 0 aliphatic heterocycles. The van der Waals surface area contributed by atoms with Gasteiger partial charge in [-0.3, -0.25) is 4.79 Å². The van der Waals surface area contributed by atoms with E-state index in [0.717, 1.165) is 21.7 Å². The van der Waals surface area contributed by atoms with Gasteiger partial charge >= 0.3 is 0 Å². The molecule has 1 amide bonds. The number of nitrogens with one attached hydrogen (secondary N) is 1. The van der Waals surface area contributed by atoms with E-state index in [1.54, 1.807) is 29.6 Å². The molecule has 31 heavy (non-hydrogen) atoms. The van der Waals surface area contributed by atoms with Crippen LogP contribution >= 0.6 is 11.3 Å². The van der Waals surface area contributed by atoms with E-state index in [4.69, 9.17) is 4.74 Å². The van der Waals surface area contributed by atoms with Crippen LogP contribution < -0.4 is 10.1 Å². The Morgan fingerprint density at radius 1 is 0.871 bits per heavy atom. The first-order valence-electron chi connectivity index (χ1n) is 9.53. The van der Waals surface area contributed by atoms with E-state index < -0.39 is 0 Å². The van der Waals surface area contributed by atoms with Crippen molar-refractivity contribution in [3.63, 3.8) is 0 Å². The molecule has 0 bridgehead atoms. The summed E-state index contributed by atoms with van der Waals surface area (Å²) in [5.41, 5.74) is 2.89. The summed E-state index contributed by atoms with van der Waals surface area (Å²) >= 11 is 1.37. The van der Waals surface area contributed by atoms with Gasteiger partial charge in [0.05, 0.1) is 0 Å². The second-order valence-electron chi connectivity index (χ2n) is 6.79. The fourth-order valence-electron chi connectivity index (χ4n) is 2.83. The van der Waals surface area contributed by atoms with Gasteiger partial charge in [-0.2, -0.15) is 0 Å². The predicted molar refractivity (Wildman–Crippen MR) is 116 cm³/mol. The monoisotopic (exact) mass is 436 g/mol. The molecular formula is C24H18F2N2O2S. The Kier molecular flexibility index (Phi) is 6.33. The summed E-state index contributed by atoms with van der Waals surface area (Å²) in [5, 5.41) is 5.21. The molecule has 0 saturated heterocycles. The molecule has 0 atom stereocenters. The molecule has 4 nitrogen and oxygen atoms in total. The van der Waals surface area contributed by atoms with Gasteiger partial charge in [0.25, 0.3) is 5.91 Å². The quantitative estimate of drug-likeness (QED) is 0.410. The maximum absolute atomic E-state index is 13.0. The highest BCUT2D eigenvalue weighted by Gasteiger charge is 2.12. The normalized spacial score (nSPS) is 10.6. The summed E-state index contributed by atoms with van der Waals surface area (Å²) in [6.45, 7) is 0.640. The molecule has 0 aliphatic carbocycles. The number of halogens is 2. The van der Waals surface area contributed by atoms with Crippen LogP contribution in [-0.4, -0.2) is 10.9 Å². The van der Waals surface area contributed by atoms with E-state index in [-0.39, 0.29) is 17.5 Å². The van der Waals surface area contributed by atoms with Crippen LogP contribution in [0.5, 0.6) is 5.75 Å². The van der Waals surface area contributed by atoms with Crippen LogP contribution in [0.2, 0.25) is 0 Å². The third-order valence-corrected chi connectivity index (χ3v) is 5.41. The van der Waals surface area contributed by atoms with Crippen molar-refractivity contribution >= 4 is 17.2 Å². The lowest BCUT2D eigenvalue weighted by Crippen LogP contribution is -2.23. The molecule has 0 radical (unpaired) electrons. The van der Waals surface area contributed by atoms with Crippen LogP contribution in [0.3, 0.4) is 0 Å². The van der Waals surface area contributed by atoms with Gasteiger partial charge in [0.2, 0.25) is 0 Å². The molecule has 0 spiro atoms. The number of amides is 1. The van der Waals surface area contributed by atoms with Gasteiger partial charge in [-0.1, -0.05) is 24.3 Å². The second kappa shape index (κ2) is 9.49. The maximum atomic E-state index is 13.0. The molecule has 1 aromatic heterocycles. The van der Waals surface area contributed by atoms with Gasteiger partial charge in [0.15, 0.2) is 0 Å². The lowest BCUT2D eigenvalue weighted by atomic mass is 10.2. The topological polar surface area (TPSA) is 51.2 Å². The van der Waals surface area contributed by atoms with Crippen LogP contribution in [0, 0.1) is 11.6 Å². The molecule has 3 aromatic carbocycles. The predicted octanol–water partition coefficient (Wildman–Crippen LogP) is 5.60. The molecule has 0 fully saturated rings. The lowest BCUT2D eigenvalue weighted by molar-refractivity contribution is 0.0946. The highest BCUT2D eigenvalue weighted by molar-refractivity contribution is 7.13. The summed E-state index contributed by atoms with van der Waals surface area (Å²) in [6.07, 6.45) is 0. The average molecular weight is 436 g/mol. The number of thiazole rings is 1. The van der Waals surface area contributed by atoms with Crippen LogP contribution in [-0.2, 0) is 13.2 Å². The Morgan fingerprint density at radius 3 is 2.13 bits per heavy atom. The van der Waals surface area contributed by atoms with Gasteiger partial charge in [-0.25, -0.2) is 13.8 Å². The van der Waals surface area contributed by atoms with E-state index in [2.05, 4.69) is 10.3 Å². The third kappa shape index (κ3) is 5.52. The number of benzene rings is 3. The van der Waals surface area contributed by atoms with Crippen molar-refractivity contribution in [3.05, 3.63) is 107 Å². The van der Waals surface area contributed by atoms with Gasteiger partial charge in [-0.15, -0.1) is 11.3 Å². The van der Waals surface area contributed by atoms with Crippen LogP contribution in [0.25, 0.3) is 10.6 Å². The first-order valence-corrected chi connectivity index (χ1v) is 10.4. The fraction of sp³-hybridized carbons (Fsp3) is 0.0833. The van der Waals surface area contributed by atoms with E-state index in [9.17, 15) is 13.6 Å². The van der Waals surface area contributed by atoms with Crippen molar-refractivity contribution < 1.29 is 18.3 Å². The molecule has 4 aromatic rings. The first-order chi connectivity index (χ1) is 15.1. The Bertz CT molecular complexity index is 1160. The largest absolute Gasteiger partial charge is 0.489 e. The molecular weight excluding hydrogens is 418 g/mol. The van der Waals surface area contributed by atoms with Crippen LogP contribution in [0.4, 0.5) is 8.78 Å². The molecule has 4 rings (SSSR count). The van der Waals surface area contributed by atoms with E-state index in [1.165, 1.54) is 35.6 Å². The van der Waals surface area contributed by atoms with Gasteiger partial charge in [0.1, 0.15) is 34.7 Å². The van der Waals surface area contributed by atoms with Crippen molar-refractivity contribution in [2.75, 3.05) is 0 Å². The second-order valence-corrected chi connectivity index (χ2v) is 7.64. The van der Waals surface area contributed by atoms with E-state index in [1.807, 2.05) is 24.3 Å². The molecule has 156 valence electrons. The van der Waals surface area contributed by atoms with Crippen molar-refractivity contribution in [1.29, 1.82) is 0 Å². The number of hydrogen-bond acceptors (Lipinski definition) is 4. The zero-order valence-electron chi connectivity index (χ0n) is 16.3. The Labute approximate surface area is 182 Å². The van der Waals surface area contributed by atoms with Gasteiger partial charge in [0, 0.05) is 17.5 Å². The van der Waals surface area contributed by atoms with Crippen molar-refractivity contribution in [1.82, 2.24) is 10.3 Å². The fourth-order valence-corrected chi connectivity index (χ4v) is 3.63. The number of ether oxygens (including phenoxy) is 1.